The average molecular weight is 305 g/mol. The predicted octanol–water partition coefficient (Wildman–Crippen LogP) is 2.39. The average Bonchev–Trinajstić information content (AvgIpc) is 2.32. The van der Waals surface area contributed by atoms with Crippen LogP contribution < -0.4 is 11.3 Å². The van der Waals surface area contributed by atoms with Gasteiger partial charge in [0.25, 0.3) is 0 Å². The smallest absolute Gasteiger partial charge is 0.137 e. The van der Waals surface area contributed by atoms with Crippen LogP contribution in [0.2, 0.25) is 0 Å². The third kappa shape index (κ3) is 5.12. The lowest BCUT2D eigenvalue weighted by Gasteiger charge is -2.16. The molecule has 0 fully saturated rings. The molecule has 17 heavy (non-hydrogen) atoms. The predicted molar refractivity (Wildman–Crippen MR) is 70.0 cm³/mol. The van der Waals surface area contributed by atoms with E-state index >= 15 is 0 Å². The summed E-state index contributed by atoms with van der Waals surface area (Å²) < 4.78 is 19.0. The molecule has 0 bridgehead atoms. The lowest BCUT2D eigenvalue weighted by molar-refractivity contribution is 0.112. The van der Waals surface area contributed by atoms with E-state index in [2.05, 4.69) is 28.3 Å². The van der Waals surface area contributed by atoms with Crippen molar-refractivity contribution in [3.05, 3.63) is 34.1 Å². The second-order valence-corrected chi connectivity index (χ2v) is 4.75. The number of hydrazine groups is 1. The highest BCUT2D eigenvalue weighted by Gasteiger charge is 2.09. The number of rotatable bonds is 7. The first kappa shape index (κ1) is 14.6. The Bertz CT molecular complexity index is 349. The molecule has 1 aromatic rings. The van der Waals surface area contributed by atoms with Crippen molar-refractivity contribution >= 4 is 15.9 Å². The van der Waals surface area contributed by atoms with Crippen molar-refractivity contribution in [1.29, 1.82) is 0 Å². The van der Waals surface area contributed by atoms with Gasteiger partial charge < -0.3 is 4.74 Å². The zero-order valence-corrected chi connectivity index (χ0v) is 11.5. The molecule has 0 saturated carbocycles. The standard InChI is InChI=1S/C12H18BrFN2O/c1-2-5-17-8-10(16-15)6-9-3-4-12(14)11(13)7-9/h3-4,7,10,16H,2,5-6,8,15H2,1H3. The first-order valence-electron chi connectivity index (χ1n) is 5.65. The molecular formula is C12H18BrFN2O. The minimum Gasteiger partial charge on any atom is -0.380 e. The molecule has 1 aromatic carbocycles. The van der Waals surface area contributed by atoms with Crippen LogP contribution in [0.1, 0.15) is 18.9 Å². The topological polar surface area (TPSA) is 47.3 Å². The molecule has 0 spiro atoms. The second-order valence-electron chi connectivity index (χ2n) is 3.89. The van der Waals surface area contributed by atoms with E-state index in [4.69, 9.17) is 10.6 Å². The minimum atomic E-state index is -0.256. The molecule has 0 heterocycles. The Morgan fingerprint density at radius 1 is 1.53 bits per heavy atom. The quantitative estimate of drug-likeness (QED) is 0.462. The van der Waals surface area contributed by atoms with E-state index in [1.54, 1.807) is 12.1 Å². The number of hydrogen-bond acceptors (Lipinski definition) is 3. The monoisotopic (exact) mass is 304 g/mol. The van der Waals surface area contributed by atoms with E-state index in [0.29, 0.717) is 17.5 Å². The van der Waals surface area contributed by atoms with Crippen LogP contribution in [0.15, 0.2) is 22.7 Å². The molecule has 3 N–H and O–H groups in total. The van der Waals surface area contributed by atoms with Crippen molar-refractivity contribution < 1.29 is 9.13 Å². The summed E-state index contributed by atoms with van der Waals surface area (Å²) in [5.41, 5.74) is 3.72. The largest absolute Gasteiger partial charge is 0.380 e. The molecule has 5 heteroatoms. The minimum absolute atomic E-state index is 0.0407. The van der Waals surface area contributed by atoms with E-state index < -0.39 is 0 Å². The summed E-state index contributed by atoms with van der Waals surface area (Å²) in [5, 5.41) is 0. The highest BCUT2D eigenvalue weighted by Crippen LogP contribution is 2.17. The third-order valence-electron chi connectivity index (χ3n) is 2.37. The van der Waals surface area contributed by atoms with Gasteiger partial charge in [0.15, 0.2) is 0 Å². The van der Waals surface area contributed by atoms with Crippen LogP contribution in [0, 0.1) is 5.82 Å². The summed E-state index contributed by atoms with van der Waals surface area (Å²) in [6.07, 6.45) is 1.69. The van der Waals surface area contributed by atoms with Crippen LogP contribution in [0.25, 0.3) is 0 Å². The SMILES string of the molecule is CCCOCC(Cc1ccc(F)c(Br)c1)NN. The van der Waals surface area contributed by atoms with Gasteiger partial charge in [-0.25, -0.2) is 4.39 Å². The molecule has 3 nitrogen and oxygen atoms in total. The van der Waals surface area contributed by atoms with Crippen molar-refractivity contribution in [1.82, 2.24) is 5.43 Å². The normalized spacial score (nSPS) is 12.7. The second kappa shape index (κ2) is 7.76. The number of nitrogens with two attached hydrogens (primary N) is 1. The number of hydrogen-bond donors (Lipinski definition) is 2. The molecule has 1 rings (SSSR count). The van der Waals surface area contributed by atoms with Crippen molar-refractivity contribution in [2.75, 3.05) is 13.2 Å². The first-order valence-corrected chi connectivity index (χ1v) is 6.44. The van der Waals surface area contributed by atoms with Gasteiger partial charge in [-0.3, -0.25) is 11.3 Å². The van der Waals surface area contributed by atoms with Gasteiger partial charge in [0.1, 0.15) is 5.82 Å². The summed E-state index contributed by atoms with van der Waals surface area (Å²) in [4.78, 5) is 0. The number of halogens is 2. The molecule has 0 aliphatic rings. The van der Waals surface area contributed by atoms with Gasteiger partial charge in [-0.15, -0.1) is 0 Å². The Morgan fingerprint density at radius 3 is 2.88 bits per heavy atom. The van der Waals surface area contributed by atoms with Gasteiger partial charge in [0.2, 0.25) is 0 Å². The van der Waals surface area contributed by atoms with Gasteiger partial charge in [0.05, 0.1) is 11.1 Å². The fourth-order valence-electron chi connectivity index (χ4n) is 1.49. The maximum absolute atomic E-state index is 13.1. The number of ether oxygens (including phenoxy) is 1. The Kier molecular flexibility index (Phi) is 6.65. The van der Waals surface area contributed by atoms with Crippen LogP contribution >= 0.6 is 15.9 Å². The maximum Gasteiger partial charge on any atom is 0.137 e. The van der Waals surface area contributed by atoms with Crippen molar-refractivity contribution in [2.45, 2.75) is 25.8 Å². The van der Waals surface area contributed by atoms with E-state index in [1.165, 1.54) is 6.07 Å². The van der Waals surface area contributed by atoms with E-state index in [-0.39, 0.29) is 11.9 Å². The van der Waals surface area contributed by atoms with Crippen molar-refractivity contribution in [2.24, 2.45) is 5.84 Å². The lowest BCUT2D eigenvalue weighted by Crippen LogP contribution is -2.40. The summed E-state index contributed by atoms with van der Waals surface area (Å²) in [6, 6.07) is 5.00. The van der Waals surface area contributed by atoms with Crippen molar-refractivity contribution in [3.63, 3.8) is 0 Å². The summed E-state index contributed by atoms with van der Waals surface area (Å²) in [5.74, 6) is 5.20. The first-order chi connectivity index (χ1) is 8.17. The summed E-state index contributed by atoms with van der Waals surface area (Å²) in [7, 11) is 0. The van der Waals surface area contributed by atoms with Gasteiger partial charge in [-0.2, -0.15) is 0 Å². The highest BCUT2D eigenvalue weighted by atomic mass is 79.9. The Balaban J connectivity index is 2.51. The van der Waals surface area contributed by atoms with Crippen LogP contribution in [0.4, 0.5) is 4.39 Å². The van der Waals surface area contributed by atoms with Gasteiger partial charge in [-0.05, 0) is 46.5 Å². The summed E-state index contributed by atoms with van der Waals surface area (Å²) in [6.45, 7) is 3.34. The molecule has 1 atom stereocenters. The number of benzene rings is 1. The Hall–Kier alpha value is -0.490. The zero-order chi connectivity index (χ0) is 12.7. The molecule has 0 aliphatic heterocycles. The molecule has 96 valence electrons. The highest BCUT2D eigenvalue weighted by molar-refractivity contribution is 9.10. The molecule has 0 radical (unpaired) electrons. The zero-order valence-electron chi connectivity index (χ0n) is 9.88. The van der Waals surface area contributed by atoms with Crippen LogP contribution in [0.5, 0.6) is 0 Å². The van der Waals surface area contributed by atoms with Gasteiger partial charge in [-0.1, -0.05) is 13.0 Å². The van der Waals surface area contributed by atoms with E-state index in [1.807, 2.05) is 0 Å². The van der Waals surface area contributed by atoms with Gasteiger partial charge >= 0.3 is 0 Å². The fourth-order valence-corrected chi connectivity index (χ4v) is 1.91. The maximum atomic E-state index is 13.1. The molecule has 1 unspecified atom stereocenters. The molecular weight excluding hydrogens is 287 g/mol. The van der Waals surface area contributed by atoms with Crippen LogP contribution in [-0.2, 0) is 11.2 Å². The third-order valence-corrected chi connectivity index (χ3v) is 2.98. The Morgan fingerprint density at radius 2 is 2.29 bits per heavy atom. The fraction of sp³-hybridized carbons (Fsp3) is 0.500. The summed E-state index contributed by atoms with van der Waals surface area (Å²) >= 11 is 3.16. The van der Waals surface area contributed by atoms with Crippen LogP contribution in [0.3, 0.4) is 0 Å². The molecule has 0 aliphatic carbocycles. The molecule has 0 amide bonds. The van der Waals surface area contributed by atoms with E-state index in [0.717, 1.165) is 18.6 Å². The van der Waals surface area contributed by atoms with Crippen LogP contribution in [-0.4, -0.2) is 19.3 Å². The Labute approximate surface area is 110 Å². The molecule has 0 saturated heterocycles. The number of nitrogens with one attached hydrogen (secondary N) is 1. The molecule has 0 aromatic heterocycles. The van der Waals surface area contributed by atoms with Gasteiger partial charge in [0, 0.05) is 12.6 Å². The lowest BCUT2D eigenvalue weighted by atomic mass is 10.1. The van der Waals surface area contributed by atoms with E-state index in [9.17, 15) is 4.39 Å². The van der Waals surface area contributed by atoms with Crippen molar-refractivity contribution in [3.8, 4) is 0 Å².